The standard InChI is InChI=1S/C12H10F4O2S/c13-9-10(14)19(17,18)11(15)6-8(12(9,11)16)7-4-2-1-3-5-7/h4,6H,1-3,5H2. The van der Waals surface area contributed by atoms with E-state index >= 15 is 0 Å². The van der Waals surface area contributed by atoms with E-state index in [4.69, 9.17) is 0 Å². The Hall–Kier alpha value is -1.11. The summed E-state index contributed by atoms with van der Waals surface area (Å²) in [6.45, 7) is 0. The van der Waals surface area contributed by atoms with Gasteiger partial charge in [0.1, 0.15) is 0 Å². The number of fused-ring (bicyclic) bond motifs is 1. The Labute approximate surface area is 107 Å². The van der Waals surface area contributed by atoms with Crippen molar-refractivity contribution in [3.05, 3.63) is 34.3 Å². The van der Waals surface area contributed by atoms with Crippen LogP contribution in [-0.2, 0) is 9.84 Å². The first-order valence-corrected chi connectivity index (χ1v) is 7.36. The Morgan fingerprint density at radius 2 is 1.84 bits per heavy atom. The molecule has 2 unspecified atom stereocenters. The molecular weight excluding hydrogens is 284 g/mol. The van der Waals surface area contributed by atoms with Crippen LogP contribution >= 0.6 is 0 Å². The number of alkyl halides is 2. The highest BCUT2D eigenvalue weighted by Crippen LogP contribution is 2.64. The maximum atomic E-state index is 14.5. The van der Waals surface area contributed by atoms with E-state index in [9.17, 15) is 26.0 Å². The molecule has 1 aliphatic heterocycles. The molecular formula is C12H10F4O2S. The van der Waals surface area contributed by atoms with Crippen LogP contribution in [0.4, 0.5) is 17.6 Å². The molecule has 3 rings (SSSR count). The molecule has 2 atom stereocenters. The van der Waals surface area contributed by atoms with Crippen molar-refractivity contribution < 1.29 is 26.0 Å². The zero-order valence-corrected chi connectivity index (χ0v) is 10.5. The molecule has 19 heavy (non-hydrogen) atoms. The summed E-state index contributed by atoms with van der Waals surface area (Å²) in [4.78, 5) is 0. The van der Waals surface area contributed by atoms with E-state index in [-0.39, 0.29) is 5.57 Å². The van der Waals surface area contributed by atoms with Crippen molar-refractivity contribution in [2.24, 2.45) is 0 Å². The van der Waals surface area contributed by atoms with Gasteiger partial charge in [0.15, 0.2) is 5.83 Å². The highest BCUT2D eigenvalue weighted by molar-refractivity contribution is 7.96. The van der Waals surface area contributed by atoms with Crippen molar-refractivity contribution in [3.8, 4) is 0 Å². The van der Waals surface area contributed by atoms with Gasteiger partial charge in [-0.05, 0) is 37.3 Å². The van der Waals surface area contributed by atoms with Crippen LogP contribution in [0.1, 0.15) is 25.7 Å². The second-order valence-corrected chi connectivity index (χ2v) is 6.89. The monoisotopic (exact) mass is 294 g/mol. The highest BCUT2D eigenvalue weighted by atomic mass is 32.2. The topological polar surface area (TPSA) is 34.1 Å². The number of rotatable bonds is 1. The fourth-order valence-corrected chi connectivity index (χ4v) is 4.28. The van der Waals surface area contributed by atoms with E-state index in [2.05, 4.69) is 0 Å². The molecule has 0 saturated carbocycles. The fourth-order valence-electron chi connectivity index (χ4n) is 2.80. The molecule has 7 heteroatoms. The van der Waals surface area contributed by atoms with Gasteiger partial charge in [-0.25, -0.2) is 21.6 Å². The molecule has 2 nitrogen and oxygen atoms in total. The number of halogens is 4. The van der Waals surface area contributed by atoms with Gasteiger partial charge in [-0.2, -0.15) is 4.39 Å². The summed E-state index contributed by atoms with van der Waals surface area (Å²) >= 11 is 0. The molecule has 0 radical (unpaired) electrons. The Balaban J connectivity index is 2.18. The van der Waals surface area contributed by atoms with Gasteiger partial charge in [0.2, 0.25) is 5.67 Å². The zero-order valence-electron chi connectivity index (χ0n) is 9.72. The van der Waals surface area contributed by atoms with Crippen LogP contribution in [0.3, 0.4) is 0 Å². The zero-order chi connectivity index (χ0) is 14.1. The largest absolute Gasteiger partial charge is 0.280 e. The van der Waals surface area contributed by atoms with Crippen molar-refractivity contribution in [1.82, 2.24) is 0 Å². The molecule has 0 aromatic rings. The van der Waals surface area contributed by atoms with Crippen LogP contribution in [0.5, 0.6) is 0 Å². The third-order valence-electron chi connectivity index (χ3n) is 3.91. The van der Waals surface area contributed by atoms with Gasteiger partial charge in [0.25, 0.3) is 20.0 Å². The fraction of sp³-hybridized carbons (Fsp3) is 0.500. The summed E-state index contributed by atoms with van der Waals surface area (Å²) in [5.41, 5.74) is -3.54. The smallest absolute Gasteiger partial charge is 0.225 e. The van der Waals surface area contributed by atoms with Gasteiger partial charge >= 0.3 is 0 Å². The van der Waals surface area contributed by atoms with E-state index in [0.717, 1.165) is 12.8 Å². The number of hydrogen-bond donors (Lipinski definition) is 0. The summed E-state index contributed by atoms with van der Waals surface area (Å²) in [6, 6.07) is 0. The van der Waals surface area contributed by atoms with Gasteiger partial charge in [-0.3, -0.25) is 0 Å². The molecule has 0 N–H and O–H groups in total. The normalized spacial score (nSPS) is 40.4. The van der Waals surface area contributed by atoms with Crippen LogP contribution < -0.4 is 0 Å². The van der Waals surface area contributed by atoms with Gasteiger partial charge in [-0.15, -0.1) is 0 Å². The maximum absolute atomic E-state index is 14.5. The van der Waals surface area contributed by atoms with Gasteiger partial charge in [0, 0.05) is 5.57 Å². The third kappa shape index (κ3) is 1.20. The average Bonchev–Trinajstić information content (AvgIpc) is 2.47. The van der Waals surface area contributed by atoms with E-state index < -0.39 is 31.5 Å². The minimum Gasteiger partial charge on any atom is -0.225 e. The van der Waals surface area contributed by atoms with E-state index in [1.807, 2.05) is 0 Å². The second kappa shape index (κ2) is 3.50. The van der Waals surface area contributed by atoms with E-state index in [1.54, 1.807) is 6.08 Å². The minimum atomic E-state index is -5.25. The van der Waals surface area contributed by atoms with Crippen molar-refractivity contribution in [3.63, 3.8) is 0 Å². The van der Waals surface area contributed by atoms with E-state index in [1.165, 1.54) is 0 Å². The molecule has 1 heterocycles. The predicted molar refractivity (Wildman–Crippen MR) is 60.5 cm³/mol. The van der Waals surface area contributed by atoms with E-state index in [0.29, 0.717) is 24.5 Å². The predicted octanol–water partition coefficient (Wildman–Crippen LogP) is 3.34. The summed E-state index contributed by atoms with van der Waals surface area (Å²) in [5.74, 6) is -2.17. The number of hydrogen-bond acceptors (Lipinski definition) is 2. The number of allylic oxidation sites excluding steroid dienone is 4. The summed E-state index contributed by atoms with van der Waals surface area (Å²) in [6.07, 6.45) is 4.74. The van der Waals surface area contributed by atoms with Crippen molar-refractivity contribution >= 4 is 9.84 Å². The maximum Gasteiger partial charge on any atom is 0.280 e. The molecule has 0 bridgehead atoms. The lowest BCUT2D eigenvalue weighted by Gasteiger charge is -2.41. The van der Waals surface area contributed by atoms with Crippen molar-refractivity contribution in [1.29, 1.82) is 0 Å². The first-order valence-electron chi connectivity index (χ1n) is 5.88. The molecule has 0 spiro atoms. The molecule has 0 saturated heterocycles. The summed E-state index contributed by atoms with van der Waals surface area (Å²) in [7, 11) is -5.25. The first kappa shape index (κ1) is 12.9. The summed E-state index contributed by atoms with van der Waals surface area (Å²) in [5, 5.41) is -5.97. The Kier molecular flexibility index (Phi) is 2.38. The Morgan fingerprint density at radius 1 is 1.16 bits per heavy atom. The van der Waals surface area contributed by atoms with Crippen molar-refractivity contribution in [2.75, 3.05) is 0 Å². The molecule has 0 aromatic heterocycles. The van der Waals surface area contributed by atoms with Gasteiger partial charge in [0.05, 0.1) is 0 Å². The lowest BCUT2D eigenvalue weighted by molar-refractivity contribution is 0.0729. The van der Waals surface area contributed by atoms with Crippen LogP contribution in [0.15, 0.2) is 34.3 Å². The molecule has 0 fully saturated rings. The molecule has 0 aromatic carbocycles. The Morgan fingerprint density at radius 3 is 2.37 bits per heavy atom. The lowest BCUT2D eigenvalue weighted by Crippen LogP contribution is -2.56. The molecule has 3 aliphatic rings. The van der Waals surface area contributed by atoms with Crippen LogP contribution in [0.2, 0.25) is 0 Å². The SMILES string of the molecule is O=S1(=O)C(F)=C(F)C2(F)C(C3=CCCCC3)=CC21F. The van der Waals surface area contributed by atoms with Crippen LogP contribution in [0.25, 0.3) is 0 Å². The molecule has 104 valence electrons. The third-order valence-corrected chi connectivity index (χ3v) is 5.74. The van der Waals surface area contributed by atoms with Crippen LogP contribution in [-0.4, -0.2) is 19.1 Å². The van der Waals surface area contributed by atoms with Gasteiger partial charge < -0.3 is 0 Å². The quantitative estimate of drug-likeness (QED) is 0.695. The first-order chi connectivity index (χ1) is 8.77. The highest BCUT2D eigenvalue weighted by Gasteiger charge is 2.79. The lowest BCUT2D eigenvalue weighted by atomic mass is 9.72. The summed E-state index contributed by atoms with van der Waals surface area (Å²) < 4.78 is 78.3. The average molecular weight is 294 g/mol. The molecule has 2 aliphatic carbocycles. The van der Waals surface area contributed by atoms with Crippen LogP contribution in [0, 0.1) is 0 Å². The Bertz CT molecular complexity index is 661. The number of sulfone groups is 1. The van der Waals surface area contributed by atoms with Gasteiger partial charge in [-0.1, -0.05) is 6.08 Å². The van der Waals surface area contributed by atoms with Crippen molar-refractivity contribution in [2.45, 2.75) is 36.4 Å². The second-order valence-electron chi connectivity index (χ2n) is 4.93. The molecule has 0 amide bonds. The minimum absolute atomic E-state index is 0.363.